The van der Waals surface area contributed by atoms with Crippen molar-refractivity contribution >= 4 is 5.97 Å². The van der Waals surface area contributed by atoms with Crippen molar-refractivity contribution in [3.05, 3.63) is 11.9 Å². The first-order valence-electron chi connectivity index (χ1n) is 4.45. The second-order valence-corrected chi connectivity index (χ2v) is 4.10. The van der Waals surface area contributed by atoms with Crippen molar-refractivity contribution in [3.63, 3.8) is 0 Å². The van der Waals surface area contributed by atoms with Crippen LogP contribution in [-0.4, -0.2) is 26.6 Å². The van der Waals surface area contributed by atoms with Crippen LogP contribution in [0.1, 0.15) is 26.5 Å². The summed E-state index contributed by atoms with van der Waals surface area (Å²) >= 11 is 0. The Bertz CT molecular complexity index is 325. The van der Waals surface area contributed by atoms with Gasteiger partial charge in [-0.3, -0.25) is 0 Å². The lowest BCUT2D eigenvalue weighted by molar-refractivity contribution is -0.156. The van der Waals surface area contributed by atoms with E-state index in [4.69, 9.17) is 4.74 Å². The lowest BCUT2D eigenvalue weighted by Crippen LogP contribution is -2.27. The van der Waals surface area contributed by atoms with Crippen molar-refractivity contribution in [1.82, 2.24) is 15.0 Å². The van der Waals surface area contributed by atoms with Gasteiger partial charge in [0, 0.05) is 0 Å². The van der Waals surface area contributed by atoms with Crippen LogP contribution in [0.4, 0.5) is 0 Å². The molecule has 1 aromatic heterocycles. The number of aromatic nitrogens is 3. The van der Waals surface area contributed by atoms with Gasteiger partial charge in [0.1, 0.15) is 5.60 Å². The van der Waals surface area contributed by atoms with Gasteiger partial charge in [0.05, 0.1) is 11.9 Å². The highest BCUT2D eigenvalue weighted by Crippen LogP contribution is 2.07. The number of carbonyl (C=O) groups is 1. The van der Waals surface area contributed by atoms with E-state index in [-0.39, 0.29) is 12.5 Å². The van der Waals surface area contributed by atoms with Gasteiger partial charge in [0.2, 0.25) is 0 Å². The summed E-state index contributed by atoms with van der Waals surface area (Å²) in [5.74, 6) is -0.326. The molecule has 0 aromatic carbocycles. The minimum Gasteiger partial charge on any atom is -0.459 e. The van der Waals surface area contributed by atoms with E-state index in [0.29, 0.717) is 0 Å². The molecule has 0 unspecified atom stereocenters. The number of aryl methyl sites for hydroxylation is 1. The first-order valence-corrected chi connectivity index (χ1v) is 4.45. The number of ether oxygens (including phenoxy) is 1. The lowest BCUT2D eigenvalue weighted by atomic mass is 10.2. The molecule has 14 heavy (non-hydrogen) atoms. The fourth-order valence-electron chi connectivity index (χ4n) is 0.949. The van der Waals surface area contributed by atoms with Gasteiger partial charge in [-0.15, -0.1) is 0 Å². The summed E-state index contributed by atoms with van der Waals surface area (Å²) in [4.78, 5) is 12.6. The van der Waals surface area contributed by atoms with Gasteiger partial charge in [0.25, 0.3) is 0 Å². The Morgan fingerprint density at radius 1 is 1.57 bits per heavy atom. The number of esters is 1. The maximum Gasteiger partial charge on any atom is 0.330 e. The molecule has 1 aromatic rings. The number of hydrogen-bond donors (Lipinski definition) is 0. The van der Waals surface area contributed by atoms with Crippen molar-refractivity contribution in [2.75, 3.05) is 0 Å². The maximum atomic E-state index is 11.3. The molecule has 0 bridgehead atoms. The minimum absolute atomic E-state index is 0.0606. The Morgan fingerprint density at radius 3 is 2.64 bits per heavy atom. The monoisotopic (exact) mass is 197 g/mol. The van der Waals surface area contributed by atoms with Crippen molar-refractivity contribution in [1.29, 1.82) is 0 Å². The maximum absolute atomic E-state index is 11.3. The molecule has 0 radical (unpaired) electrons. The van der Waals surface area contributed by atoms with Crippen LogP contribution in [0.5, 0.6) is 0 Å². The van der Waals surface area contributed by atoms with Crippen LogP contribution in [0, 0.1) is 6.92 Å². The molecule has 5 nitrogen and oxygen atoms in total. The summed E-state index contributed by atoms with van der Waals surface area (Å²) in [6, 6.07) is 0. The zero-order valence-electron chi connectivity index (χ0n) is 8.94. The molecule has 0 saturated carbocycles. The second-order valence-electron chi connectivity index (χ2n) is 4.10. The van der Waals surface area contributed by atoms with Crippen LogP contribution in [0.25, 0.3) is 0 Å². The molecule has 0 aliphatic heterocycles. The Hall–Kier alpha value is -1.39. The standard InChI is InChI=1S/C9H15N3O2/c1-7-5-10-12(11-7)6-8(13)14-9(2,3)4/h5H,6H2,1-4H3. The van der Waals surface area contributed by atoms with E-state index in [0.717, 1.165) is 5.69 Å². The summed E-state index contributed by atoms with van der Waals surface area (Å²) < 4.78 is 5.11. The number of nitrogens with zero attached hydrogens (tertiary/aromatic N) is 3. The predicted octanol–water partition coefficient (Wildman–Crippen LogP) is 0.928. The fourth-order valence-corrected chi connectivity index (χ4v) is 0.949. The van der Waals surface area contributed by atoms with Crippen molar-refractivity contribution in [2.24, 2.45) is 0 Å². The molecule has 0 atom stereocenters. The van der Waals surface area contributed by atoms with Gasteiger partial charge in [0.15, 0.2) is 6.54 Å². The summed E-state index contributed by atoms with van der Waals surface area (Å²) in [6.45, 7) is 7.36. The number of rotatable bonds is 2. The summed E-state index contributed by atoms with van der Waals surface area (Å²) in [5.41, 5.74) is 0.327. The highest BCUT2D eigenvalue weighted by atomic mass is 16.6. The molecule has 78 valence electrons. The van der Waals surface area contributed by atoms with E-state index in [1.165, 1.54) is 4.80 Å². The van der Waals surface area contributed by atoms with Crippen LogP contribution in [0.2, 0.25) is 0 Å². The predicted molar refractivity (Wildman–Crippen MR) is 50.6 cm³/mol. The lowest BCUT2D eigenvalue weighted by Gasteiger charge is -2.18. The Morgan fingerprint density at radius 2 is 2.21 bits per heavy atom. The van der Waals surface area contributed by atoms with Gasteiger partial charge in [-0.25, -0.2) is 4.79 Å². The van der Waals surface area contributed by atoms with Crippen LogP contribution in [-0.2, 0) is 16.1 Å². The van der Waals surface area contributed by atoms with E-state index >= 15 is 0 Å². The Labute approximate surface area is 83.1 Å². The van der Waals surface area contributed by atoms with Crippen LogP contribution in [0.15, 0.2) is 6.20 Å². The quantitative estimate of drug-likeness (QED) is 0.662. The molecular weight excluding hydrogens is 182 g/mol. The molecule has 0 spiro atoms. The molecule has 0 N–H and O–H groups in total. The molecule has 0 saturated heterocycles. The molecule has 0 aliphatic rings. The first kappa shape index (κ1) is 10.7. The van der Waals surface area contributed by atoms with E-state index in [1.54, 1.807) is 6.20 Å². The average molecular weight is 197 g/mol. The SMILES string of the molecule is Cc1cnn(CC(=O)OC(C)(C)C)n1. The highest BCUT2D eigenvalue weighted by Gasteiger charge is 2.16. The largest absolute Gasteiger partial charge is 0.459 e. The minimum atomic E-state index is -0.459. The zero-order chi connectivity index (χ0) is 10.8. The van der Waals surface area contributed by atoms with Crippen molar-refractivity contribution in [2.45, 2.75) is 39.8 Å². The molecule has 1 rings (SSSR count). The molecule has 1 heterocycles. The summed E-state index contributed by atoms with van der Waals surface area (Å²) in [7, 11) is 0. The van der Waals surface area contributed by atoms with Crippen LogP contribution >= 0.6 is 0 Å². The zero-order valence-corrected chi connectivity index (χ0v) is 8.94. The summed E-state index contributed by atoms with van der Waals surface area (Å²) in [5, 5.41) is 7.88. The van der Waals surface area contributed by atoms with Crippen molar-refractivity contribution < 1.29 is 9.53 Å². The fraction of sp³-hybridized carbons (Fsp3) is 0.667. The van der Waals surface area contributed by atoms with Crippen LogP contribution < -0.4 is 0 Å². The normalized spacial score (nSPS) is 11.4. The third-order valence-corrected chi connectivity index (χ3v) is 1.34. The van der Waals surface area contributed by atoms with Gasteiger partial charge in [-0.1, -0.05) is 0 Å². The molecule has 5 heteroatoms. The Kier molecular flexibility index (Phi) is 2.88. The van der Waals surface area contributed by atoms with E-state index in [2.05, 4.69) is 10.2 Å². The van der Waals surface area contributed by atoms with Crippen molar-refractivity contribution in [3.8, 4) is 0 Å². The molecule has 0 amide bonds. The molecule has 0 aliphatic carbocycles. The van der Waals surface area contributed by atoms with E-state index in [1.807, 2.05) is 27.7 Å². The highest BCUT2D eigenvalue weighted by molar-refractivity contribution is 5.69. The van der Waals surface area contributed by atoms with Gasteiger partial charge in [-0.2, -0.15) is 15.0 Å². The average Bonchev–Trinajstić information content (AvgIpc) is 2.30. The van der Waals surface area contributed by atoms with Gasteiger partial charge < -0.3 is 4.74 Å². The first-order chi connectivity index (χ1) is 6.37. The smallest absolute Gasteiger partial charge is 0.330 e. The summed E-state index contributed by atoms with van der Waals surface area (Å²) in [6.07, 6.45) is 1.60. The third kappa shape index (κ3) is 3.55. The molecular formula is C9H15N3O2. The number of hydrogen-bond acceptors (Lipinski definition) is 4. The molecule has 0 fully saturated rings. The topological polar surface area (TPSA) is 57.0 Å². The van der Waals surface area contributed by atoms with Crippen LogP contribution in [0.3, 0.4) is 0 Å². The van der Waals surface area contributed by atoms with E-state index < -0.39 is 5.60 Å². The number of carbonyl (C=O) groups excluding carboxylic acids is 1. The van der Waals surface area contributed by atoms with Gasteiger partial charge >= 0.3 is 5.97 Å². The third-order valence-electron chi connectivity index (χ3n) is 1.34. The van der Waals surface area contributed by atoms with Gasteiger partial charge in [-0.05, 0) is 27.7 Å². The van der Waals surface area contributed by atoms with E-state index in [9.17, 15) is 4.79 Å². The Balaban J connectivity index is 2.50. The second kappa shape index (κ2) is 3.77.